The molecule has 1 N–H and O–H groups in total. The minimum absolute atomic E-state index is 0.0279. The highest BCUT2D eigenvalue weighted by Crippen LogP contribution is 2.53. The van der Waals surface area contributed by atoms with E-state index in [1.807, 2.05) is 0 Å². The van der Waals surface area contributed by atoms with Crippen LogP contribution in [-0.2, 0) is 14.3 Å². The summed E-state index contributed by atoms with van der Waals surface area (Å²) >= 11 is 0. The number of hydrogen-bond acceptors (Lipinski definition) is 3. The lowest BCUT2D eigenvalue weighted by atomic mass is 9.75. The van der Waals surface area contributed by atoms with E-state index in [0.717, 1.165) is 32.1 Å². The highest BCUT2D eigenvalue weighted by molar-refractivity contribution is 5.82. The quantitative estimate of drug-likeness (QED) is 0.801. The molecule has 0 saturated heterocycles. The zero-order valence-electron chi connectivity index (χ0n) is 14.5. The van der Waals surface area contributed by atoms with Crippen molar-refractivity contribution < 1.29 is 19.4 Å². The van der Waals surface area contributed by atoms with Gasteiger partial charge in [0.2, 0.25) is 0 Å². The number of rotatable bonds is 4. The van der Waals surface area contributed by atoms with Gasteiger partial charge in [0.05, 0.1) is 11.8 Å². The Morgan fingerprint density at radius 2 is 1.65 bits per heavy atom. The van der Waals surface area contributed by atoms with Crippen LogP contribution in [0.5, 0.6) is 0 Å². The van der Waals surface area contributed by atoms with Gasteiger partial charge in [0.25, 0.3) is 0 Å². The van der Waals surface area contributed by atoms with Crippen LogP contribution in [-0.4, -0.2) is 23.1 Å². The SMILES string of the molecule is CC(C)[C@@H]1CC[C@@H](C)C[C@H]1OC(=O)[C@H]1[C@@H]2CC[C@@H](C2)[C@@H]1C(=O)O. The van der Waals surface area contributed by atoms with Gasteiger partial charge in [0.1, 0.15) is 6.10 Å². The average molecular weight is 322 g/mol. The fraction of sp³-hybridized carbons (Fsp3) is 0.895. The molecule has 3 aliphatic rings. The van der Waals surface area contributed by atoms with Crippen LogP contribution in [0.1, 0.15) is 59.3 Å². The van der Waals surface area contributed by atoms with Crippen molar-refractivity contribution in [3.8, 4) is 0 Å². The van der Waals surface area contributed by atoms with Crippen molar-refractivity contribution in [3.05, 3.63) is 0 Å². The molecule has 7 atom stereocenters. The summed E-state index contributed by atoms with van der Waals surface area (Å²) in [7, 11) is 0. The van der Waals surface area contributed by atoms with Gasteiger partial charge < -0.3 is 9.84 Å². The Labute approximate surface area is 139 Å². The van der Waals surface area contributed by atoms with Crippen molar-refractivity contribution in [2.75, 3.05) is 0 Å². The van der Waals surface area contributed by atoms with Crippen molar-refractivity contribution in [1.82, 2.24) is 0 Å². The zero-order valence-corrected chi connectivity index (χ0v) is 14.5. The predicted molar refractivity (Wildman–Crippen MR) is 86.7 cm³/mol. The summed E-state index contributed by atoms with van der Waals surface area (Å²) in [6, 6.07) is 0. The van der Waals surface area contributed by atoms with Gasteiger partial charge in [-0.15, -0.1) is 0 Å². The van der Waals surface area contributed by atoms with Crippen LogP contribution in [0.4, 0.5) is 0 Å². The fourth-order valence-corrected chi connectivity index (χ4v) is 5.46. The van der Waals surface area contributed by atoms with Gasteiger partial charge in [-0.3, -0.25) is 9.59 Å². The highest BCUT2D eigenvalue weighted by atomic mass is 16.5. The number of fused-ring (bicyclic) bond motifs is 2. The minimum Gasteiger partial charge on any atom is -0.481 e. The zero-order chi connectivity index (χ0) is 16.7. The molecule has 0 heterocycles. The van der Waals surface area contributed by atoms with Crippen LogP contribution in [0.2, 0.25) is 0 Å². The predicted octanol–water partition coefficient (Wildman–Crippen LogP) is 3.74. The normalized spacial score (nSPS) is 42.9. The van der Waals surface area contributed by atoms with E-state index in [1.54, 1.807) is 0 Å². The molecule has 23 heavy (non-hydrogen) atoms. The van der Waals surface area contributed by atoms with Gasteiger partial charge in [-0.25, -0.2) is 0 Å². The van der Waals surface area contributed by atoms with Crippen molar-refractivity contribution in [2.24, 2.45) is 41.4 Å². The Morgan fingerprint density at radius 1 is 1.00 bits per heavy atom. The van der Waals surface area contributed by atoms with E-state index in [9.17, 15) is 14.7 Å². The minimum atomic E-state index is -0.809. The van der Waals surface area contributed by atoms with Crippen LogP contribution in [0.15, 0.2) is 0 Å². The Hall–Kier alpha value is -1.06. The lowest BCUT2D eigenvalue weighted by Crippen LogP contribution is -2.41. The monoisotopic (exact) mass is 322 g/mol. The Morgan fingerprint density at radius 3 is 2.26 bits per heavy atom. The van der Waals surface area contributed by atoms with E-state index < -0.39 is 17.8 Å². The first-order valence-corrected chi connectivity index (χ1v) is 9.31. The van der Waals surface area contributed by atoms with Gasteiger partial charge in [0, 0.05) is 0 Å². The largest absolute Gasteiger partial charge is 0.481 e. The summed E-state index contributed by atoms with van der Waals surface area (Å²) in [5.74, 6) is -0.0546. The summed E-state index contributed by atoms with van der Waals surface area (Å²) in [5.41, 5.74) is 0. The maximum atomic E-state index is 12.8. The Bertz CT molecular complexity index is 472. The van der Waals surface area contributed by atoms with Crippen molar-refractivity contribution in [1.29, 1.82) is 0 Å². The van der Waals surface area contributed by atoms with E-state index in [0.29, 0.717) is 17.8 Å². The van der Waals surface area contributed by atoms with Gasteiger partial charge in [-0.1, -0.05) is 27.2 Å². The first-order chi connectivity index (χ1) is 10.9. The van der Waals surface area contributed by atoms with Crippen LogP contribution in [0, 0.1) is 41.4 Å². The molecule has 3 aliphatic carbocycles. The number of aliphatic carboxylic acids is 1. The third-order valence-electron chi connectivity index (χ3n) is 6.70. The average Bonchev–Trinajstić information content (AvgIpc) is 3.07. The number of carboxylic acids is 1. The number of carbonyl (C=O) groups is 2. The maximum absolute atomic E-state index is 12.8. The molecule has 3 rings (SSSR count). The first kappa shape index (κ1) is 16.8. The molecule has 0 radical (unpaired) electrons. The molecule has 130 valence electrons. The number of carbonyl (C=O) groups excluding carboxylic acids is 1. The van der Waals surface area contributed by atoms with E-state index in [-0.39, 0.29) is 23.9 Å². The van der Waals surface area contributed by atoms with E-state index in [2.05, 4.69) is 20.8 Å². The molecule has 2 bridgehead atoms. The second-order valence-corrected chi connectivity index (χ2v) is 8.52. The van der Waals surface area contributed by atoms with Crippen molar-refractivity contribution >= 4 is 11.9 Å². The smallest absolute Gasteiger partial charge is 0.310 e. The third-order valence-corrected chi connectivity index (χ3v) is 6.70. The molecule has 4 nitrogen and oxygen atoms in total. The van der Waals surface area contributed by atoms with Crippen LogP contribution in [0.3, 0.4) is 0 Å². The van der Waals surface area contributed by atoms with Crippen LogP contribution >= 0.6 is 0 Å². The summed E-state index contributed by atoms with van der Waals surface area (Å²) in [6.07, 6.45) is 6.04. The molecule has 0 aliphatic heterocycles. The lowest BCUT2D eigenvalue weighted by molar-refractivity contribution is -0.169. The topological polar surface area (TPSA) is 63.6 Å². The number of ether oxygens (including phenoxy) is 1. The third kappa shape index (κ3) is 3.14. The molecule has 0 aromatic heterocycles. The Kier molecular flexibility index (Phi) is 4.70. The molecule has 0 amide bonds. The van der Waals surface area contributed by atoms with Crippen LogP contribution < -0.4 is 0 Å². The molecular formula is C19H30O4. The summed E-state index contributed by atoms with van der Waals surface area (Å²) in [5, 5.41) is 9.53. The summed E-state index contributed by atoms with van der Waals surface area (Å²) in [4.78, 5) is 24.4. The van der Waals surface area contributed by atoms with Crippen molar-refractivity contribution in [2.45, 2.75) is 65.4 Å². The highest BCUT2D eigenvalue weighted by Gasteiger charge is 2.55. The summed E-state index contributed by atoms with van der Waals surface area (Å²) in [6.45, 7) is 6.60. The standard InChI is InChI=1S/C19H30O4/c1-10(2)14-7-4-11(3)8-15(14)23-19(22)17-13-6-5-12(9-13)16(17)18(20)21/h10-17H,4-9H2,1-3H3,(H,20,21)/t11-,12+,13-,14+,15-,16+,17+/m1/s1. The van der Waals surface area contributed by atoms with E-state index >= 15 is 0 Å². The Balaban J connectivity index is 1.71. The molecule has 0 unspecified atom stereocenters. The lowest BCUT2D eigenvalue weighted by Gasteiger charge is -2.38. The van der Waals surface area contributed by atoms with Gasteiger partial charge in [0.15, 0.2) is 0 Å². The second kappa shape index (κ2) is 6.45. The van der Waals surface area contributed by atoms with Gasteiger partial charge in [-0.2, -0.15) is 0 Å². The number of hydrogen-bond donors (Lipinski definition) is 1. The second-order valence-electron chi connectivity index (χ2n) is 8.52. The molecule has 3 saturated carbocycles. The van der Waals surface area contributed by atoms with E-state index in [4.69, 9.17) is 4.74 Å². The number of carboxylic acid groups (broad SMARTS) is 1. The first-order valence-electron chi connectivity index (χ1n) is 9.31. The molecular weight excluding hydrogens is 292 g/mol. The number of esters is 1. The summed E-state index contributed by atoms with van der Waals surface area (Å²) < 4.78 is 5.95. The van der Waals surface area contributed by atoms with Crippen molar-refractivity contribution in [3.63, 3.8) is 0 Å². The maximum Gasteiger partial charge on any atom is 0.310 e. The van der Waals surface area contributed by atoms with Gasteiger partial charge >= 0.3 is 11.9 Å². The molecule has 4 heteroatoms. The van der Waals surface area contributed by atoms with Gasteiger partial charge in [-0.05, 0) is 61.7 Å². The molecule has 0 aromatic rings. The molecule has 0 aromatic carbocycles. The molecule has 3 fully saturated rings. The van der Waals surface area contributed by atoms with Crippen LogP contribution in [0.25, 0.3) is 0 Å². The van der Waals surface area contributed by atoms with E-state index in [1.165, 1.54) is 6.42 Å². The fourth-order valence-electron chi connectivity index (χ4n) is 5.46. The molecule has 0 spiro atoms.